The lowest BCUT2D eigenvalue weighted by atomic mass is 9.86. The summed E-state index contributed by atoms with van der Waals surface area (Å²) < 4.78 is 19.3. The monoisotopic (exact) mass is 386 g/mol. The minimum absolute atomic E-state index is 0.137. The average molecular weight is 387 g/mol. The molecule has 26 heavy (non-hydrogen) atoms. The maximum atomic E-state index is 14.4. The second kappa shape index (κ2) is 8.33. The third-order valence-electron chi connectivity index (χ3n) is 5.10. The van der Waals surface area contributed by atoms with E-state index in [2.05, 4.69) is 0 Å². The minimum atomic E-state index is -1.10. The van der Waals surface area contributed by atoms with Crippen molar-refractivity contribution in [3.8, 4) is 0 Å². The van der Waals surface area contributed by atoms with Crippen LogP contribution in [0.3, 0.4) is 0 Å². The maximum absolute atomic E-state index is 14.4. The first kappa shape index (κ1) is 20.6. The van der Waals surface area contributed by atoms with E-state index in [4.69, 9.17) is 21.2 Å². The molecule has 0 aromatic heterocycles. The van der Waals surface area contributed by atoms with Crippen LogP contribution in [-0.4, -0.2) is 61.7 Å². The van der Waals surface area contributed by atoms with Crippen LogP contribution in [0.2, 0.25) is 5.02 Å². The average Bonchev–Trinajstić information content (AvgIpc) is 2.66. The van der Waals surface area contributed by atoms with Gasteiger partial charge in [0.15, 0.2) is 0 Å². The van der Waals surface area contributed by atoms with E-state index in [-0.39, 0.29) is 17.0 Å². The van der Waals surface area contributed by atoms with Gasteiger partial charge < -0.3 is 14.5 Å². The molecular formula is C18H24ClFN2O4. The van der Waals surface area contributed by atoms with Gasteiger partial charge in [-0.1, -0.05) is 17.7 Å². The quantitative estimate of drug-likeness (QED) is 0.727. The Bertz CT molecular complexity index is 690. The lowest BCUT2D eigenvalue weighted by Gasteiger charge is -2.44. The number of hydroxylamine groups is 2. The number of aryl methyl sites for hydroxylation is 1. The highest BCUT2D eigenvalue weighted by Crippen LogP contribution is 2.31. The topological polar surface area (TPSA) is 59.1 Å². The van der Waals surface area contributed by atoms with Gasteiger partial charge in [0.05, 0.1) is 20.6 Å². The molecule has 0 unspecified atom stereocenters. The number of nitrogens with zero attached hydrogens (tertiary/aromatic N) is 2. The zero-order chi connectivity index (χ0) is 19.5. The van der Waals surface area contributed by atoms with Gasteiger partial charge in [-0.25, -0.2) is 9.18 Å². The number of ether oxygens (including phenoxy) is 1. The summed E-state index contributed by atoms with van der Waals surface area (Å²) in [7, 11) is 4.40. The van der Waals surface area contributed by atoms with Crippen LogP contribution >= 0.6 is 11.6 Å². The van der Waals surface area contributed by atoms with Crippen molar-refractivity contribution in [2.75, 3.05) is 34.4 Å². The Morgan fingerprint density at radius 2 is 1.92 bits per heavy atom. The molecule has 1 amide bonds. The number of rotatable bonds is 5. The van der Waals surface area contributed by atoms with Gasteiger partial charge in [0, 0.05) is 30.7 Å². The first-order valence-electron chi connectivity index (χ1n) is 8.34. The first-order valence-corrected chi connectivity index (χ1v) is 8.72. The molecule has 0 saturated carbocycles. The van der Waals surface area contributed by atoms with E-state index in [1.807, 2.05) is 0 Å². The number of piperidine rings is 1. The van der Waals surface area contributed by atoms with Gasteiger partial charge >= 0.3 is 5.97 Å². The van der Waals surface area contributed by atoms with Crippen LogP contribution in [0.4, 0.5) is 4.39 Å². The highest BCUT2D eigenvalue weighted by atomic mass is 35.5. The molecular weight excluding hydrogens is 363 g/mol. The van der Waals surface area contributed by atoms with Gasteiger partial charge in [-0.3, -0.25) is 4.79 Å². The highest BCUT2D eigenvalue weighted by Gasteiger charge is 2.48. The molecule has 2 rings (SSSR count). The van der Waals surface area contributed by atoms with Gasteiger partial charge in [0.2, 0.25) is 5.91 Å². The largest absolute Gasteiger partial charge is 0.467 e. The van der Waals surface area contributed by atoms with Crippen molar-refractivity contribution < 1.29 is 23.6 Å². The molecule has 0 spiro atoms. The fourth-order valence-corrected chi connectivity index (χ4v) is 3.50. The molecule has 1 fully saturated rings. The number of halogens is 2. The summed E-state index contributed by atoms with van der Waals surface area (Å²) in [6.45, 7) is 2.56. The zero-order valence-corrected chi connectivity index (χ0v) is 16.2. The van der Waals surface area contributed by atoms with Crippen LogP contribution in [0.25, 0.3) is 0 Å². The highest BCUT2D eigenvalue weighted by molar-refractivity contribution is 6.31. The van der Waals surface area contributed by atoms with Crippen molar-refractivity contribution in [1.82, 2.24) is 9.96 Å². The Morgan fingerprint density at radius 1 is 1.31 bits per heavy atom. The van der Waals surface area contributed by atoms with E-state index in [9.17, 15) is 14.0 Å². The van der Waals surface area contributed by atoms with E-state index >= 15 is 0 Å². The summed E-state index contributed by atoms with van der Waals surface area (Å²) >= 11 is 6.07. The number of benzene rings is 1. The number of hydrogen-bond donors (Lipinski definition) is 0. The van der Waals surface area contributed by atoms with Crippen LogP contribution in [0.5, 0.6) is 0 Å². The number of hydrogen-bond acceptors (Lipinski definition) is 5. The number of methoxy groups -OCH3 is 1. The van der Waals surface area contributed by atoms with Crippen molar-refractivity contribution in [3.63, 3.8) is 0 Å². The second-order valence-electron chi connectivity index (χ2n) is 6.42. The summed E-state index contributed by atoms with van der Waals surface area (Å²) in [6, 6.07) is 3.13. The Morgan fingerprint density at radius 3 is 2.46 bits per heavy atom. The van der Waals surface area contributed by atoms with E-state index in [0.29, 0.717) is 31.5 Å². The Hall–Kier alpha value is -1.70. The first-order chi connectivity index (χ1) is 12.3. The summed E-state index contributed by atoms with van der Waals surface area (Å²) in [6.07, 6.45) is 0.495. The smallest absolute Gasteiger partial charge is 0.331 e. The van der Waals surface area contributed by atoms with Gasteiger partial charge in [0.25, 0.3) is 0 Å². The number of amides is 1. The summed E-state index contributed by atoms with van der Waals surface area (Å²) in [5.41, 5.74) is -0.554. The molecule has 1 aromatic carbocycles. The third kappa shape index (κ3) is 3.84. The third-order valence-corrected chi connectivity index (χ3v) is 5.45. The Labute approximate surface area is 157 Å². The fraction of sp³-hybridized carbons (Fsp3) is 0.556. The summed E-state index contributed by atoms with van der Waals surface area (Å²) in [4.78, 5) is 31.9. The van der Waals surface area contributed by atoms with Crippen LogP contribution < -0.4 is 0 Å². The van der Waals surface area contributed by atoms with Crippen molar-refractivity contribution in [3.05, 3.63) is 34.1 Å². The summed E-state index contributed by atoms with van der Waals surface area (Å²) in [5.74, 6) is -1.38. The lowest BCUT2D eigenvalue weighted by Crippen LogP contribution is -2.61. The molecule has 144 valence electrons. The molecule has 0 N–H and O–H groups in total. The molecule has 8 heteroatoms. The summed E-state index contributed by atoms with van der Waals surface area (Å²) in [5, 5.41) is 1.91. The fourth-order valence-electron chi connectivity index (χ4n) is 3.29. The second-order valence-corrected chi connectivity index (χ2v) is 6.83. The predicted molar refractivity (Wildman–Crippen MR) is 95.2 cm³/mol. The molecule has 1 aliphatic heterocycles. The van der Waals surface area contributed by atoms with Crippen LogP contribution in [0, 0.1) is 12.7 Å². The van der Waals surface area contributed by atoms with Gasteiger partial charge in [-0.15, -0.1) is 0 Å². The molecule has 1 aliphatic rings. The molecule has 6 nitrogen and oxygen atoms in total. The molecule has 0 aliphatic carbocycles. The van der Waals surface area contributed by atoms with E-state index in [1.54, 1.807) is 38.3 Å². The van der Waals surface area contributed by atoms with E-state index < -0.39 is 23.2 Å². The van der Waals surface area contributed by atoms with Crippen LogP contribution in [-0.2, 0) is 25.6 Å². The normalized spacial score (nSPS) is 17.0. The number of carbonyl (C=O) groups excluding carboxylic acids is 2. The standard InChI is InChI=1S/C18H24ClFN2O4/c1-12-5-6-14(19)13(16(12)20)11-15(23)21(2)18(17(24)25-3)7-9-22(26-4)10-8-18/h5-6H,7-11H2,1-4H3. The number of likely N-dealkylation sites (N-methyl/N-ethyl adjacent to an activating group) is 1. The van der Waals surface area contributed by atoms with Crippen molar-refractivity contribution in [1.29, 1.82) is 0 Å². The number of esters is 1. The van der Waals surface area contributed by atoms with Crippen molar-refractivity contribution in [2.45, 2.75) is 31.7 Å². The van der Waals surface area contributed by atoms with E-state index in [0.717, 1.165) is 0 Å². The number of carbonyl (C=O) groups is 2. The Kier molecular flexibility index (Phi) is 6.60. The zero-order valence-electron chi connectivity index (χ0n) is 15.5. The van der Waals surface area contributed by atoms with E-state index in [1.165, 1.54) is 12.0 Å². The molecule has 1 aromatic rings. The van der Waals surface area contributed by atoms with Gasteiger partial charge in [-0.2, -0.15) is 5.06 Å². The van der Waals surface area contributed by atoms with Crippen molar-refractivity contribution in [2.24, 2.45) is 0 Å². The predicted octanol–water partition coefficient (Wildman–Crippen LogP) is 2.36. The van der Waals surface area contributed by atoms with Crippen LogP contribution in [0.15, 0.2) is 12.1 Å². The molecule has 1 heterocycles. The Balaban J connectivity index is 2.26. The molecule has 0 bridgehead atoms. The van der Waals surface area contributed by atoms with Gasteiger partial charge in [-0.05, 0) is 31.4 Å². The minimum Gasteiger partial charge on any atom is -0.467 e. The van der Waals surface area contributed by atoms with Gasteiger partial charge in [0.1, 0.15) is 11.4 Å². The SMILES string of the molecule is COC(=O)C1(N(C)C(=O)Cc2c(Cl)ccc(C)c2F)CCN(OC)CC1. The lowest BCUT2D eigenvalue weighted by molar-refractivity contribution is -0.183. The van der Waals surface area contributed by atoms with Crippen LogP contribution in [0.1, 0.15) is 24.0 Å². The van der Waals surface area contributed by atoms with Crippen molar-refractivity contribution >= 4 is 23.5 Å². The molecule has 0 radical (unpaired) electrons. The molecule has 0 atom stereocenters. The molecule has 1 saturated heterocycles. The maximum Gasteiger partial charge on any atom is 0.331 e.